The molecule has 1 aromatic rings. The zero-order valence-electron chi connectivity index (χ0n) is 13.9. The minimum atomic E-state index is -3.28. The lowest BCUT2D eigenvalue weighted by Gasteiger charge is -2.38. The molecule has 0 N–H and O–H groups in total. The highest BCUT2D eigenvalue weighted by molar-refractivity contribution is 7.92. The largest absolute Gasteiger partial charge is 0.336 e. The number of likely N-dealkylation sites (tertiary alicyclic amines) is 1. The van der Waals surface area contributed by atoms with E-state index in [0.29, 0.717) is 19.4 Å². The minimum Gasteiger partial charge on any atom is -0.336 e. The number of rotatable bonds is 2. The van der Waals surface area contributed by atoms with E-state index in [1.54, 1.807) is 0 Å². The second-order valence-corrected chi connectivity index (χ2v) is 9.55. The molecule has 2 atom stereocenters. The van der Waals surface area contributed by atoms with Gasteiger partial charge in [-0.15, -0.1) is 0 Å². The van der Waals surface area contributed by atoms with Gasteiger partial charge in [-0.2, -0.15) is 0 Å². The SMILES string of the molecule is CC1(C)C(c2ccccc2)CCN1C(=O)C1CCCCS1(=O)=O. The van der Waals surface area contributed by atoms with Gasteiger partial charge in [-0.25, -0.2) is 8.42 Å². The molecule has 2 aliphatic heterocycles. The van der Waals surface area contributed by atoms with E-state index in [0.717, 1.165) is 12.8 Å². The number of carbonyl (C=O) groups excluding carboxylic acids is 1. The first-order valence-electron chi connectivity index (χ1n) is 8.42. The lowest BCUT2D eigenvalue weighted by Crippen LogP contribution is -2.52. The average Bonchev–Trinajstić information content (AvgIpc) is 2.82. The lowest BCUT2D eigenvalue weighted by atomic mass is 9.82. The van der Waals surface area contributed by atoms with E-state index in [1.807, 2.05) is 23.1 Å². The summed E-state index contributed by atoms with van der Waals surface area (Å²) in [6, 6.07) is 10.2. The van der Waals surface area contributed by atoms with Gasteiger partial charge in [0.25, 0.3) is 0 Å². The van der Waals surface area contributed by atoms with Crippen LogP contribution >= 0.6 is 0 Å². The molecule has 0 bridgehead atoms. The molecule has 4 nitrogen and oxygen atoms in total. The van der Waals surface area contributed by atoms with Crippen LogP contribution in [0.4, 0.5) is 0 Å². The maximum absolute atomic E-state index is 13.0. The summed E-state index contributed by atoms with van der Waals surface area (Å²) in [5.41, 5.74) is 0.866. The first kappa shape index (κ1) is 16.5. The number of benzene rings is 1. The standard InChI is InChI=1S/C18H25NO3S/c1-18(2)15(14-8-4-3-5-9-14)11-12-19(18)17(20)16-10-6-7-13-23(16,21)22/h3-5,8-9,15-16H,6-7,10-13H2,1-2H3. The van der Waals surface area contributed by atoms with Crippen molar-refractivity contribution in [2.24, 2.45) is 0 Å². The number of nitrogens with zero attached hydrogens (tertiary/aromatic N) is 1. The Labute approximate surface area is 138 Å². The van der Waals surface area contributed by atoms with Gasteiger partial charge in [0.1, 0.15) is 5.25 Å². The van der Waals surface area contributed by atoms with Gasteiger partial charge in [0, 0.05) is 18.0 Å². The Morgan fingerprint density at radius 2 is 1.83 bits per heavy atom. The summed E-state index contributed by atoms with van der Waals surface area (Å²) in [5.74, 6) is 0.215. The van der Waals surface area contributed by atoms with Gasteiger partial charge >= 0.3 is 0 Å². The summed E-state index contributed by atoms with van der Waals surface area (Å²) in [4.78, 5) is 14.8. The van der Waals surface area contributed by atoms with Gasteiger partial charge in [0.2, 0.25) is 5.91 Å². The number of hydrogen-bond acceptors (Lipinski definition) is 3. The maximum Gasteiger partial charge on any atom is 0.241 e. The van der Waals surface area contributed by atoms with Crippen LogP contribution in [0.15, 0.2) is 30.3 Å². The van der Waals surface area contributed by atoms with Gasteiger partial charge in [-0.1, -0.05) is 36.8 Å². The number of carbonyl (C=O) groups is 1. The van der Waals surface area contributed by atoms with Crippen molar-refractivity contribution in [3.63, 3.8) is 0 Å². The molecule has 2 heterocycles. The van der Waals surface area contributed by atoms with Gasteiger partial charge in [0.05, 0.1) is 5.75 Å². The Morgan fingerprint density at radius 3 is 2.48 bits per heavy atom. The van der Waals surface area contributed by atoms with Crippen LogP contribution in [-0.2, 0) is 14.6 Å². The minimum absolute atomic E-state index is 0.153. The van der Waals surface area contributed by atoms with E-state index < -0.39 is 15.1 Å². The Kier molecular flexibility index (Phi) is 4.25. The average molecular weight is 335 g/mol. The zero-order chi connectivity index (χ0) is 16.7. The van der Waals surface area contributed by atoms with Crippen LogP contribution in [0.1, 0.15) is 51.0 Å². The van der Waals surface area contributed by atoms with Crippen LogP contribution in [0, 0.1) is 0 Å². The second kappa shape index (κ2) is 5.93. The van der Waals surface area contributed by atoms with Crippen molar-refractivity contribution >= 4 is 15.7 Å². The second-order valence-electron chi connectivity index (χ2n) is 7.25. The molecule has 5 heteroatoms. The molecular weight excluding hydrogens is 310 g/mol. The molecule has 2 aliphatic rings. The Morgan fingerprint density at radius 1 is 1.13 bits per heavy atom. The third kappa shape index (κ3) is 2.91. The lowest BCUT2D eigenvalue weighted by molar-refractivity contribution is -0.134. The number of amides is 1. The predicted molar refractivity (Wildman–Crippen MR) is 91.0 cm³/mol. The highest BCUT2D eigenvalue weighted by Gasteiger charge is 2.48. The predicted octanol–water partition coefficient (Wildman–Crippen LogP) is 2.75. The summed E-state index contributed by atoms with van der Waals surface area (Å²) >= 11 is 0. The first-order chi connectivity index (χ1) is 10.8. The van der Waals surface area contributed by atoms with E-state index >= 15 is 0 Å². The molecule has 0 aromatic heterocycles. The van der Waals surface area contributed by atoms with E-state index in [4.69, 9.17) is 0 Å². The first-order valence-corrected chi connectivity index (χ1v) is 10.1. The van der Waals surface area contributed by atoms with Crippen LogP contribution in [0.25, 0.3) is 0 Å². The van der Waals surface area contributed by atoms with Gasteiger partial charge < -0.3 is 4.90 Å². The molecule has 0 radical (unpaired) electrons. The molecule has 3 rings (SSSR count). The van der Waals surface area contributed by atoms with E-state index in [-0.39, 0.29) is 23.1 Å². The van der Waals surface area contributed by atoms with E-state index in [9.17, 15) is 13.2 Å². The smallest absolute Gasteiger partial charge is 0.241 e. The monoisotopic (exact) mass is 335 g/mol. The topological polar surface area (TPSA) is 54.5 Å². The van der Waals surface area contributed by atoms with Gasteiger partial charge in [-0.3, -0.25) is 4.79 Å². The molecule has 1 aromatic carbocycles. The van der Waals surface area contributed by atoms with E-state index in [1.165, 1.54) is 5.56 Å². The van der Waals surface area contributed by atoms with Crippen LogP contribution in [0.3, 0.4) is 0 Å². The Bertz CT molecular complexity index is 681. The fraction of sp³-hybridized carbons (Fsp3) is 0.611. The highest BCUT2D eigenvalue weighted by atomic mass is 32.2. The Hall–Kier alpha value is -1.36. The van der Waals surface area contributed by atoms with Crippen LogP contribution in [0.2, 0.25) is 0 Å². The molecular formula is C18H25NO3S. The van der Waals surface area contributed by atoms with Crippen molar-refractivity contribution < 1.29 is 13.2 Å². The fourth-order valence-corrected chi connectivity index (χ4v) is 6.00. The normalized spacial score (nSPS) is 29.4. The highest BCUT2D eigenvalue weighted by Crippen LogP contribution is 2.42. The molecule has 0 aliphatic carbocycles. The van der Waals surface area contributed by atoms with Gasteiger partial charge in [0.15, 0.2) is 9.84 Å². The maximum atomic E-state index is 13.0. The summed E-state index contributed by atoms with van der Waals surface area (Å²) in [5, 5.41) is -0.829. The van der Waals surface area contributed by atoms with Crippen molar-refractivity contribution in [3.05, 3.63) is 35.9 Å². The Balaban J connectivity index is 1.85. The van der Waals surface area contributed by atoms with Crippen molar-refractivity contribution in [1.29, 1.82) is 0 Å². The molecule has 2 saturated heterocycles. The third-order valence-electron chi connectivity index (χ3n) is 5.51. The number of sulfone groups is 1. The quantitative estimate of drug-likeness (QED) is 0.835. The molecule has 0 saturated carbocycles. The van der Waals surface area contributed by atoms with Crippen molar-refractivity contribution in [2.45, 2.75) is 56.2 Å². The summed E-state index contributed by atoms with van der Waals surface area (Å²) in [6.45, 7) is 4.76. The zero-order valence-corrected chi connectivity index (χ0v) is 14.7. The van der Waals surface area contributed by atoms with Crippen LogP contribution in [-0.4, -0.2) is 42.3 Å². The van der Waals surface area contributed by atoms with Crippen LogP contribution < -0.4 is 0 Å². The molecule has 0 spiro atoms. The molecule has 2 unspecified atom stereocenters. The van der Waals surface area contributed by atoms with Crippen molar-refractivity contribution in [1.82, 2.24) is 4.90 Å². The summed E-state index contributed by atoms with van der Waals surface area (Å²) in [6.07, 6.45) is 2.87. The third-order valence-corrected chi connectivity index (χ3v) is 7.67. The summed E-state index contributed by atoms with van der Waals surface area (Å²) < 4.78 is 24.6. The van der Waals surface area contributed by atoms with Crippen molar-refractivity contribution in [2.75, 3.05) is 12.3 Å². The molecule has 2 fully saturated rings. The number of hydrogen-bond donors (Lipinski definition) is 0. The van der Waals surface area contributed by atoms with Crippen LogP contribution in [0.5, 0.6) is 0 Å². The fourth-order valence-electron chi connectivity index (χ4n) is 4.15. The summed E-state index contributed by atoms with van der Waals surface area (Å²) in [7, 11) is -3.28. The molecule has 1 amide bonds. The van der Waals surface area contributed by atoms with Crippen molar-refractivity contribution in [3.8, 4) is 0 Å². The van der Waals surface area contributed by atoms with E-state index in [2.05, 4.69) is 26.0 Å². The molecule has 23 heavy (non-hydrogen) atoms. The molecule has 126 valence electrons. The van der Waals surface area contributed by atoms with Gasteiger partial charge in [-0.05, 0) is 38.7 Å².